The highest BCUT2D eigenvalue weighted by Gasteiger charge is 1.68. The quantitative estimate of drug-likeness (QED) is 0.521. The maximum absolute atomic E-state index is 3.94. The Kier molecular flexibility index (Phi) is 5.36. The van der Waals surface area contributed by atoms with Crippen molar-refractivity contribution in [2.45, 2.75) is 0 Å². The monoisotopic (exact) mass is 107 g/mol. The minimum absolute atomic E-state index is 0.939. The second kappa shape index (κ2) is 4.70. The van der Waals surface area contributed by atoms with Gasteiger partial charge in [0, 0.05) is 12.0 Å². The van der Waals surface area contributed by atoms with Gasteiger partial charge in [-0.25, -0.2) is 0 Å². The molecule has 0 saturated carbocycles. The van der Waals surface area contributed by atoms with Crippen molar-refractivity contribution < 1.29 is 0 Å². The normalized spacial score (nSPS) is 8.40. The lowest BCUT2D eigenvalue weighted by Gasteiger charge is -1.79. The highest BCUT2D eigenvalue weighted by atomic mass is 32.2. The molecule has 0 N–H and O–H groups in total. The van der Waals surface area contributed by atoms with Gasteiger partial charge in [-0.15, -0.1) is 0 Å². The van der Waals surface area contributed by atoms with E-state index in [1.54, 1.807) is 11.8 Å². The standard InChI is InChI=1S/C3H7S2/c1-5-3-2-4/h4H,1-3H2. The van der Waals surface area contributed by atoms with Crippen LogP contribution in [-0.2, 0) is 0 Å². The van der Waals surface area contributed by atoms with Crippen LogP contribution in [0.25, 0.3) is 0 Å². The van der Waals surface area contributed by atoms with Gasteiger partial charge in [0.05, 0.1) is 0 Å². The topological polar surface area (TPSA) is 0 Å². The van der Waals surface area contributed by atoms with Gasteiger partial charge in [0.25, 0.3) is 0 Å². The van der Waals surface area contributed by atoms with Gasteiger partial charge in [-0.05, 0) is 5.75 Å². The average Bonchev–Trinajstić information content (AvgIpc) is 1.41. The van der Waals surface area contributed by atoms with Crippen molar-refractivity contribution >= 4 is 24.4 Å². The lowest BCUT2D eigenvalue weighted by atomic mass is 11.0. The van der Waals surface area contributed by atoms with E-state index in [9.17, 15) is 0 Å². The number of rotatable bonds is 2. The molecule has 0 aliphatic heterocycles. The van der Waals surface area contributed by atoms with Crippen LogP contribution in [-0.4, -0.2) is 11.5 Å². The number of hydrogen-bond donors (Lipinski definition) is 1. The van der Waals surface area contributed by atoms with E-state index in [2.05, 4.69) is 18.9 Å². The van der Waals surface area contributed by atoms with Gasteiger partial charge in [0.15, 0.2) is 0 Å². The highest BCUT2D eigenvalue weighted by molar-refractivity contribution is 8.01. The maximum atomic E-state index is 3.94. The van der Waals surface area contributed by atoms with Gasteiger partial charge in [-0.1, -0.05) is 0 Å². The molecule has 0 aliphatic rings. The predicted octanol–water partition coefficient (Wildman–Crippen LogP) is 1.44. The van der Waals surface area contributed by atoms with Crippen LogP contribution in [0, 0.1) is 6.26 Å². The predicted molar refractivity (Wildman–Crippen MR) is 31.7 cm³/mol. The van der Waals surface area contributed by atoms with Crippen LogP contribution in [0.5, 0.6) is 0 Å². The molecule has 0 nitrogen and oxygen atoms in total. The van der Waals surface area contributed by atoms with Gasteiger partial charge in [-0.2, -0.15) is 24.4 Å². The summed E-state index contributed by atoms with van der Waals surface area (Å²) in [7, 11) is 0. The van der Waals surface area contributed by atoms with E-state index in [-0.39, 0.29) is 0 Å². The Bertz CT molecular complexity index is 12.4. The molecule has 0 rings (SSSR count). The summed E-state index contributed by atoms with van der Waals surface area (Å²) in [6.45, 7) is 0. The largest absolute Gasteiger partial charge is 0.179 e. The molecule has 31 valence electrons. The van der Waals surface area contributed by atoms with E-state index in [4.69, 9.17) is 0 Å². The molecule has 0 aliphatic carbocycles. The van der Waals surface area contributed by atoms with Gasteiger partial charge >= 0.3 is 0 Å². The Morgan fingerprint density at radius 3 is 2.40 bits per heavy atom. The second-order valence-electron chi connectivity index (χ2n) is 0.632. The zero-order valence-electron chi connectivity index (χ0n) is 2.98. The number of hydrogen-bond acceptors (Lipinski definition) is 2. The van der Waals surface area contributed by atoms with E-state index in [1.807, 2.05) is 0 Å². The Labute approximate surface area is 42.7 Å². The van der Waals surface area contributed by atoms with E-state index < -0.39 is 0 Å². The SMILES string of the molecule is [CH2]SCCS. The maximum Gasteiger partial charge on any atom is 0.00238 e. The van der Waals surface area contributed by atoms with Crippen molar-refractivity contribution in [3.05, 3.63) is 6.26 Å². The third-order valence-electron chi connectivity index (χ3n) is 0.236. The third kappa shape index (κ3) is 4.70. The molecule has 0 spiro atoms. The number of thiol groups is 1. The zero-order chi connectivity index (χ0) is 4.12. The van der Waals surface area contributed by atoms with Crippen LogP contribution >= 0.6 is 24.4 Å². The molecule has 0 unspecified atom stereocenters. The van der Waals surface area contributed by atoms with E-state index in [0.29, 0.717) is 0 Å². The molecule has 5 heavy (non-hydrogen) atoms. The summed E-state index contributed by atoms with van der Waals surface area (Å²) in [6, 6.07) is 0. The molecule has 0 fully saturated rings. The van der Waals surface area contributed by atoms with Gasteiger partial charge in [0.2, 0.25) is 0 Å². The summed E-state index contributed by atoms with van der Waals surface area (Å²) in [6.07, 6.45) is 3.54. The molecule has 0 aromatic rings. The Hall–Kier alpha value is 0.700. The lowest BCUT2D eigenvalue weighted by Crippen LogP contribution is -1.70. The second-order valence-corrected chi connectivity index (χ2v) is 1.90. The highest BCUT2D eigenvalue weighted by Crippen LogP contribution is 1.92. The van der Waals surface area contributed by atoms with Crippen LogP contribution in [0.15, 0.2) is 0 Å². The first-order valence-corrected chi connectivity index (χ1v) is 3.18. The fourth-order valence-corrected chi connectivity index (χ4v) is 0.581. The average molecular weight is 107 g/mol. The van der Waals surface area contributed by atoms with Gasteiger partial charge in [0.1, 0.15) is 0 Å². The van der Waals surface area contributed by atoms with Crippen LogP contribution < -0.4 is 0 Å². The molecule has 0 amide bonds. The molecule has 2 heteroatoms. The molecule has 0 aromatic carbocycles. The Balaban J connectivity index is 2.19. The van der Waals surface area contributed by atoms with Crippen molar-refractivity contribution in [2.75, 3.05) is 11.5 Å². The summed E-state index contributed by atoms with van der Waals surface area (Å²) in [5, 5.41) is 0. The first-order chi connectivity index (χ1) is 2.41. The molecule has 0 atom stereocenters. The molecule has 1 radical (unpaired) electrons. The van der Waals surface area contributed by atoms with Gasteiger partial charge in [-0.3, -0.25) is 0 Å². The van der Waals surface area contributed by atoms with Crippen LogP contribution in [0.1, 0.15) is 0 Å². The van der Waals surface area contributed by atoms with Crippen LogP contribution in [0.3, 0.4) is 0 Å². The van der Waals surface area contributed by atoms with Crippen LogP contribution in [0.4, 0.5) is 0 Å². The van der Waals surface area contributed by atoms with Crippen molar-refractivity contribution in [1.29, 1.82) is 0 Å². The van der Waals surface area contributed by atoms with E-state index in [1.165, 1.54) is 0 Å². The molecular weight excluding hydrogens is 100 g/mol. The molecule has 0 bridgehead atoms. The van der Waals surface area contributed by atoms with Crippen molar-refractivity contribution in [3.8, 4) is 0 Å². The summed E-state index contributed by atoms with van der Waals surface area (Å²) in [5.41, 5.74) is 0. The lowest BCUT2D eigenvalue weighted by molar-refractivity contribution is 1.58. The zero-order valence-corrected chi connectivity index (χ0v) is 4.69. The molecular formula is C3H7S2. The summed E-state index contributed by atoms with van der Waals surface area (Å²) in [5.74, 6) is 2.00. The van der Waals surface area contributed by atoms with E-state index >= 15 is 0 Å². The van der Waals surface area contributed by atoms with Crippen molar-refractivity contribution in [2.24, 2.45) is 0 Å². The molecule has 0 aromatic heterocycles. The minimum Gasteiger partial charge on any atom is -0.179 e. The third-order valence-corrected chi connectivity index (χ3v) is 1.25. The Morgan fingerprint density at radius 1 is 1.80 bits per heavy atom. The van der Waals surface area contributed by atoms with E-state index in [0.717, 1.165) is 11.5 Å². The first kappa shape index (κ1) is 5.70. The summed E-state index contributed by atoms with van der Waals surface area (Å²) >= 11 is 5.52. The smallest absolute Gasteiger partial charge is 0.00238 e. The first-order valence-electron chi connectivity index (χ1n) is 1.39. The van der Waals surface area contributed by atoms with Gasteiger partial charge < -0.3 is 0 Å². The number of thioether (sulfide) groups is 1. The minimum atomic E-state index is 0.939. The van der Waals surface area contributed by atoms with Crippen molar-refractivity contribution in [3.63, 3.8) is 0 Å². The molecule has 0 saturated heterocycles. The fourth-order valence-electron chi connectivity index (χ4n) is 0.0645. The Morgan fingerprint density at radius 2 is 2.40 bits per heavy atom. The summed E-state index contributed by atoms with van der Waals surface area (Å²) in [4.78, 5) is 0. The van der Waals surface area contributed by atoms with Crippen molar-refractivity contribution in [1.82, 2.24) is 0 Å². The summed E-state index contributed by atoms with van der Waals surface area (Å²) < 4.78 is 0. The fraction of sp³-hybridized carbons (Fsp3) is 0.667. The molecule has 0 heterocycles. The van der Waals surface area contributed by atoms with Crippen LogP contribution in [0.2, 0.25) is 0 Å².